The third kappa shape index (κ3) is 4.76. The van der Waals surface area contributed by atoms with E-state index in [1.54, 1.807) is 0 Å². The van der Waals surface area contributed by atoms with Crippen LogP contribution in [0.3, 0.4) is 0 Å². The van der Waals surface area contributed by atoms with Crippen molar-refractivity contribution in [2.75, 3.05) is 0 Å². The van der Waals surface area contributed by atoms with Crippen molar-refractivity contribution < 1.29 is 0 Å². The fourth-order valence-electron chi connectivity index (χ4n) is 7.77. The van der Waals surface area contributed by atoms with Gasteiger partial charge in [0.15, 0.2) is 17.5 Å². The second-order valence-corrected chi connectivity index (χ2v) is 14.4. The van der Waals surface area contributed by atoms with Crippen LogP contribution in [0.1, 0.15) is 0 Å². The molecular formula is C47H29N5S. The molecule has 11 rings (SSSR count). The number of hydrogen-bond donors (Lipinski definition) is 0. The molecule has 7 aromatic carbocycles. The van der Waals surface area contributed by atoms with Gasteiger partial charge in [-0.2, -0.15) is 0 Å². The lowest BCUT2D eigenvalue weighted by atomic mass is 10.0. The maximum atomic E-state index is 5.18. The number of rotatable bonds is 5. The Morgan fingerprint density at radius 2 is 0.981 bits per heavy atom. The summed E-state index contributed by atoms with van der Waals surface area (Å²) in [6, 6.07) is 61.8. The highest BCUT2D eigenvalue weighted by molar-refractivity contribution is 7.99. The van der Waals surface area contributed by atoms with Crippen LogP contribution in [0.15, 0.2) is 186 Å². The van der Waals surface area contributed by atoms with Gasteiger partial charge in [-0.25, -0.2) is 15.0 Å². The molecule has 0 unspecified atom stereocenters. The Morgan fingerprint density at radius 3 is 1.75 bits per heavy atom. The predicted molar refractivity (Wildman–Crippen MR) is 217 cm³/mol. The summed E-state index contributed by atoms with van der Waals surface area (Å²) in [6.45, 7) is 0. The van der Waals surface area contributed by atoms with Crippen LogP contribution in [-0.2, 0) is 0 Å². The Balaban J connectivity index is 1.18. The van der Waals surface area contributed by atoms with E-state index in [0.717, 1.165) is 44.7 Å². The number of hydrogen-bond acceptors (Lipinski definition) is 4. The van der Waals surface area contributed by atoms with E-state index in [1.165, 1.54) is 37.2 Å². The minimum atomic E-state index is 0.629. The molecule has 0 saturated carbocycles. The Labute approximate surface area is 309 Å². The number of nitrogens with zero attached hydrogens (tertiary/aromatic N) is 5. The van der Waals surface area contributed by atoms with Crippen LogP contribution >= 0.6 is 11.8 Å². The predicted octanol–water partition coefficient (Wildman–Crippen LogP) is 12.0. The minimum absolute atomic E-state index is 0.629. The van der Waals surface area contributed by atoms with E-state index in [9.17, 15) is 0 Å². The number of benzene rings is 7. The van der Waals surface area contributed by atoms with Crippen molar-refractivity contribution in [3.8, 4) is 56.7 Å². The van der Waals surface area contributed by atoms with Crippen molar-refractivity contribution in [1.29, 1.82) is 0 Å². The summed E-state index contributed by atoms with van der Waals surface area (Å²) in [5.41, 5.74) is 10.9. The maximum absolute atomic E-state index is 5.18. The number of para-hydroxylation sites is 3. The van der Waals surface area contributed by atoms with Gasteiger partial charge in [-0.3, -0.25) is 9.13 Å². The third-order valence-electron chi connectivity index (χ3n) is 10.1. The quantitative estimate of drug-likeness (QED) is 0.180. The van der Waals surface area contributed by atoms with E-state index < -0.39 is 0 Å². The van der Waals surface area contributed by atoms with E-state index in [1.807, 2.05) is 36.0 Å². The van der Waals surface area contributed by atoms with Crippen molar-refractivity contribution in [2.45, 2.75) is 9.79 Å². The van der Waals surface area contributed by atoms with E-state index in [2.05, 4.69) is 161 Å². The van der Waals surface area contributed by atoms with Crippen molar-refractivity contribution in [2.24, 2.45) is 0 Å². The first-order valence-corrected chi connectivity index (χ1v) is 18.5. The van der Waals surface area contributed by atoms with Gasteiger partial charge in [-0.05, 0) is 53.6 Å². The van der Waals surface area contributed by atoms with Gasteiger partial charge in [-0.15, -0.1) is 0 Å². The Hall–Kier alpha value is -6.76. The molecule has 5 nitrogen and oxygen atoms in total. The van der Waals surface area contributed by atoms with Crippen molar-refractivity contribution in [1.82, 2.24) is 24.1 Å². The molecule has 6 heteroatoms. The van der Waals surface area contributed by atoms with E-state index in [0.29, 0.717) is 17.5 Å². The first-order chi connectivity index (χ1) is 26.3. The first-order valence-electron chi connectivity index (χ1n) is 17.7. The molecule has 0 saturated heterocycles. The lowest BCUT2D eigenvalue weighted by molar-refractivity contribution is 1.03. The molecule has 0 fully saturated rings. The van der Waals surface area contributed by atoms with Crippen molar-refractivity contribution in [3.05, 3.63) is 176 Å². The van der Waals surface area contributed by atoms with E-state index in [4.69, 9.17) is 15.0 Å². The van der Waals surface area contributed by atoms with Gasteiger partial charge in [0, 0.05) is 48.3 Å². The summed E-state index contributed by atoms with van der Waals surface area (Å²) in [4.78, 5) is 17.9. The van der Waals surface area contributed by atoms with Gasteiger partial charge in [-0.1, -0.05) is 145 Å². The Bertz CT molecular complexity index is 3020. The zero-order chi connectivity index (χ0) is 34.9. The van der Waals surface area contributed by atoms with Gasteiger partial charge in [0.05, 0.1) is 16.7 Å². The molecule has 53 heavy (non-hydrogen) atoms. The topological polar surface area (TPSA) is 48.5 Å². The lowest BCUT2D eigenvalue weighted by Gasteiger charge is -2.21. The molecule has 0 aliphatic carbocycles. The average molecular weight is 696 g/mol. The fourth-order valence-corrected chi connectivity index (χ4v) is 8.86. The molecule has 10 aromatic rings. The fraction of sp³-hybridized carbons (Fsp3) is 0. The van der Waals surface area contributed by atoms with E-state index in [-0.39, 0.29) is 0 Å². The molecular weight excluding hydrogens is 667 g/mol. The van der Waals surface area contributed by atoms with Gasteiger partial charge in [0.2, 0.25) is 0 Å². The van der Waals surface area contributed by atoms with Crippen LogP contribution < -0.4 is 0 Å². The smallest absolute Gasteiger partial charge is 0.164 e. The molecule has 0 amide bonds. The van der Waals surface area contributed by atoms with Crippen molar-refractivity contribution >= 4 is 44.6 Å². The molecule has 3 aromatic heterocycles. The van der Waals surface area contributed by atoms with Crippen LogP contribution in [0.5, 0.6) is 0 Å². The van der Waals surface area contributed by atoms with Crippen LogP contribution in [0.2, 0.25) is 0 Å². The second-order valence-electron chi connectivity index (χ2n) is 13.3. The summed E-state index contributed by atoms with van der Waals surface area (Å²) >= 11 is 1.85. The summed E-state index contributed by atoms with van der Waals surface area (Å²) < 4.78 is 4.88. The molecule has 0 radical (unpaired) electrons. The monoisotopic (exact) mass is 695 g/mol. The van der Waals surface area contributed by atoms with Gasteiger partial charge in [0.1, 0.15) is 5.65 Å². The minimum Gasteiger partial charge on any atom is -0.295 e. The first kappa shape index (κ1) is 29.9. The number of aromatic nitrogens is 5. The third-order valence-corrected chi connectivity index (χ3v) is 11.3. The average Bonchev–Trinajstić information content (AvgIpc) is 3.75. The van der Waals surface area contributed by atoms with Gasteiger partial charge in [0.25, 0.3) is 0 Å². The standard InChI is InChI=1S/C47H29N5S/c1-4-14-30(15-5-1)32-18-12-19-33(28-32)45-48-44(31-16-6-2-7-17-31)49-46(50-45)34-26-27-36-39(29-34)51(35-20-8-3-9-21-35)47-42(36)37-22-13-25-41-43(37)52(47)38-23-10-11-24-40(38)53-41/h1-29H. The Kier molecular flexibility index (Phi) is 6.72. The largest absolute Gasteiger partial charge is 0.295 e. The summed E-state index contributed by atoms with van der Waals surface area (Å²) in [5, 5.41) is 3.67. The van der Waals surface area contributed by atoms with Crippen LogP contribution in [-0.4, -0.2) is 24.1 Å². The zero-order valence-electron chi connectivity index (χ0n) is 28.4. The van der Waals surface area contributed by atoms with Crippen LogP contribution in [0.25, 0.3) is 89.5 Å². The summed E-state index contributed by atoms with van der Waals surface area (Å²) in [7, 11) is 0. The summed E-state index contributed by atoms with van der Waals surface area (Å²) in [5.74, 6) is 1.90. The van der Waals surface area contributed by atoms with Gasteiger partial charge < -0.3 is 0 Å². The highest BCUT2D eigenvalue weighted by atomic mass is 32.2. The molecule has 1 aliphatic heterocycles. The van der Waals surface area contributed by atoms with Crippen molar-refractivity contribution in [3.63, 3.8) is 0 Å². The zero-order valence-corrected chi connectivity index (χ0v) is 29.2. The lowest BCUT2D eigenvalue weighted by Crippen LogP contribution is -2.05. The normalized spacial score (nSPS) is 12.1. The molecule has 0 N–H and O–H groups in total. The SMILES string of the molecule is c1ccc(-c2cccc(-c3nc(-c4ccccc4)nc(-c4ccc5c6c7cccc8c7n(c6n(-c6ccccc6)c5c4)-c4ccccc4S8)n3)c2)cc1. The maximum Gasteiger partial charge on any atom is 0.164 e. The molecule has 4 heterocycles. The molecule has 0 bridgehead atoms. The van der Waals surface area contributed by atoms with Gasteiger partial charge >= 0.3 is 0 Å². The van der Waals surface area contributed by atoms with Crippen LogP contribution in [0, 0.1) is 0 Å². The van der Waals surface area contributed by atoms with Crippen LogP contribution in [0.4, 0.5) is 0 Å². The highest BCUT2D eigenvalue weighted by Crippen LogP contribution is 2.49. The molecule has 1 aliphatic rings. The van der Waals surface area contributed by atoms with E-state index >= 15 is 0 Å². The molecule has 0 atom stereocenters. The number of fused-ring (bicyclic) bond motifs is 7. The second kappa shape index (κ2) is 11.9. The molecule has 0 spiro atoms. The summed E-state index contributed by atoms with van der Waals surface area (Å²) in [6.07, 6.45) is 0. The highest BCUT2D eigenvalue weighted by Gasteiger charge is 2.28. The molecule has 248 valence electrons. The Morgan fingerprint density at radius 1 is 0.396 bits per heavy atom.